The average Bonchev–Trinajstić information content (AvgIpc) is 2.91. The smallest absolute Gasteiger partial charge is 0.165 e. The first-order valence-electron chi connectivity index (χ1n) is 5.66. The van der Waals surface area contributed by atoms with Crippen molar-refractivity contribution in [1.82, 2.24) is 9.97 Å². The summed E-state index contributed by atoms with van der Waals surface area (Å²) in [6.45, 7) is 0. The quantitative estimate of drug-likeness (QED) is 0.595. The molecule has 0 radical (unpaired) electrons. The fraction of sp³-hybridized carbons (Fsp3) is 0. The third kappa shape index (κ3) is 2.52. The summed E-state index contributed by atoms with van der Waals surface area (Å²) in [5.74, 6) is 0.416. The van der Waals surface area contributed by atoms with Gasteiger partial charge in [0, 0.05) is 5.02 Å². The molecule has 0 aliphatic rings. The van der Waals surface area contributed by atoms with Crippen LogP contribution in [-0.4, -0.2) is 9.97 Å². The Morgan fingerprint density at radius 2 is 1.65 bits per heavy atom. The van der Waals surface area contributed by atoms with E-state index in [9.17, 15) is 0 Å². The maximum Gasteiger partial charge on any atom is 0.165 e. The molecule has 3 aromatic rings. The van der Waals surface area contributed by atoms with Gasteiger partial charge in [-0.3, -0.25) is 0 Å². The van der Waals surface area contributed by atoms with E-state index in [-0.39, 0.29) is 10.3 Å². The van der Waals surface area contributed by atoms with E-state index in [1.165, 1.54) is 12.5 Å². The van der Waals surface area contributed by atoms with Gasteiger partial charge in [-0.2, -0.15) is 0 Å². The van der Waals surface area contributed by atoms with Crippen LogP contribution in [-0.2, 0) is 0 Å². The molecule has 0 saturated heterocycles. The van der Waals surface area contributed by atoms with Gasteiger partial charge >= 0.3 is 0 Å². The van der Waals surface area contributed by atoms with Crippen molar-refractivity contribution in [1.29, 1.82) is 0 Å². The summed E-state index contributed by atoms with van der Waals surface area (Å²) >= 11 is 18.4. The van der Waals surface area contributed by atoms with Gasteiger partial charge in [0.05, 0.1) is 17.4 Å². The summed E-state index contributed by atoms with van der Waals surface area (Å²) in [6, 6.07) is 8.93. The largest absolute Gasteiger partial charge is 0.472 e. The third-order valence-electron chi connectivity index (χ3n) is 2.71. The van der Waals surface area contributed by atoms with Gasteiger partial charge in [0.2, 0.25) is 0 Å². The minimum atomic E-state index is 0.267. The zero-order valence-corrected chi connectivity index (χ0v) is 12.2. The second kappa shape index (κ2) is 5.44. The normalized spacial score (nSPS) is 10.8. The molecular formula is C14H7Cl3N2O. The summed E-state index contributed by atoms with van der Waals surface area (Å²) in [5.41, 5.74) is 2.04. The molecule has 0 unspecified atom stereocenters. The summed E-state index contributed by atoms with van der Waals surface area (Å²) in [5, 5.41) is 1.13. The van der Waals surface area contributed by atoms with Crippen LogP contribution in [0, 0.1) is 0 Å². The van der Waals surface area contributed by atoms with E-state index in [0.29, 0.717) is 22.0 Å². The zero-order valence-electron chi connectivity index (χ0n) is 9.98. The minimum Gasteiger partial charge on any atom is -0.472 e. The van der Waals surface area contributed by atoms with E-state index in [1.54, 1.807) is 18.2 Å². The van der Waals surface area contributed by atoms with Crippen molar-refractivity contribution in [3.63, 3.8) is 0 Å². The lowest BCUT2D eigenvalue weighted by Gasteiger charge is -2.08. The Bertz CT molecular complexity index is 734. The maximum absolute atomic E-state index is 6.23. The van der Waals surface area contributed by atoms with Crippen molar-refractivity contribution in [3.05, 3.63) is 58.2 Å². The molecule has 0 spiro atoms. The highest BCUT2D eigenvalue weighted by Gasteiger charge is 2.15. The van der Waals surface area contributed by atoms with Crippen LogP contribution in [0.2, 0.25) is 15.3 Å². The molecule has 6 heteroatoms. The topological polar surface area (TPSA) is 38.9 Å². The molecule has 0 saturated carbocycles. The number of halogens is 3. The van der Waals surface area contributed by atoms with E-state index < -0.39 is 0 Å². The minimum absolute atomic E-state index is 0.267. The van der Waals surface area contributed by atoms with Crippen LogP contribution in [0.1, 0.15) is 0 Å². The molecule has 2 aromatic heterocycles. The van der Waals surface area contributed by atoms with Crippen LogP contribution in [0.5, 0.6) is 0 Å². The number of aromatic nitrogens is 2. The summed E-state index contributed by atoms with van der Waals surface area (Å²) in [4.78, 5) is 8.50. The Labute approximate surface area is 130 Å². The SMILES string of the molecule is Clc1cccc(-c2c(Cl)nc(-c3ccoc3)nc2Cl)c1. The van der Waals surface area contributed by atoms with Gasteiger partial charge in [0.1, 0.15) is 16.6 Å². The summed E-state index contributed by atoms with van der Waals surface area (Å²) in [6.07, 6.45) is 3.06. The Balaban J connectivity index is 2.14. The first-order valence-corrected chi connectivity index (χ1v) is 6.80. The number of furan rings is 1. The lowest BCUT2D eigenvalue weighted by Crippen LogP contribution is -1.93. The van der Waals surface area contributed by atoms with Crippen LogP contribution in [0.15, 0.2) is 47.3 Å². The molecule has 0 aliphatic carbocycles. The number of rotatable bonds is 2. The monoisotopic (exact) mass is 324 g/mol. The van der Waals surface area contributed by atoms with Gasteiger partial charge in [0.15, 0.2) is 5.82 Å². The van der Waals surface area contributed by atoms with E-state index in [2.05, 4.69) is 9.97 Å². The van der Waals surface area contributed by atoms with Crippen LogP contribution in [0.4, 0.5) is 0 Å². The molecule has 3 nitrogen and oxygen atoms in total. The fourth-order valence-corrected chi connectivity index (χ4v) is 2.61. The van der Waals surface area contributed by atoms with E-state index in [1.807, 2.05) is 12.1 Å². The molecule has 1 aromatic carbocycles. The van der Waals surface area contributed by atoms with E-state index >= 15 is 0 Å². The van der Waals surface area contributed by atoms with Crippen molar-refractivity contribution in [2.24, 2.45) is 0 Å². The van der Waals surface area contributed by atoms with Crippen molar-refractivity contribution in [2.45, 2.75) is 0 Å². The molecule has 100 valence electrons. The second-order valence-electron chi connectivity index (χ2n) is 4.03. The summed E-state index contributed by atoms with van der Waals surface area (Å²) < 4.78 is 5.00. The highest BCUT2D eigenvalue weighted by atomic mass is 35.5. The Kier molecular flexibility index (Phi) is 3.66. The maximum atomic E-state index is 6.23. The number of benzene rings is 1. The van der Waals surface area contributed by atoms with Crippen molar-refractivity contribution in [3.8, 4) is 22.5 Å². The highest BCUT2D eigenvalue weighted by Crippen LogP contribution is 2.35. The molecule has 20 heavy (non-hydrogen) atoms. The van der Waals surface area contributed by atoms with E-state index in [4.69, 9.17) is 39.2 Å². The average molecular weight is 326 g/mol. The molecule has 0 atom stereocenters. The molecule has 0 bridgehead atoms. The van der Waals surface area contributed by atoms with Gasteiger partial charge in [-0.05, 0) is 23.8 Å². The number of hydrogen-bond acceptors (Lipinski definition) is 3. The standard InChI is InChI=1S/C14H7Cl3N2O/c15-10-3-1-2-8(6-10)11-12(16)18-14(19-13(11)17)9-4-5-20-7-9/h1-7H. The lowest BCUT2D eigenvalue weighted by molar-refractivity contribution is 0.568. The van der Waals surface area contributed by atoms with E-state index in [0.717, 1.165) is 5.56 Å². The van der Waals surface area contributed by atoms with Gasteiger partial charge in [0.25, 0.3) is 0 Å². The molecule has 0 aliphatic heterocycles. The second-order valence-corrected chi connectivity index (χ2v) is 5.18. The van der Waals surface area contributed by atoms with Crippen LogP contribution in [0.3, 0.4) is 0 Å². The predicted molar refractivity (Wildman–Crippen MR) is 80.2 cm³/mol. The first kappa shape index (κ1) is 13.4. The fourth-order valence-electron chi connectivity index (χ4n) is 1.81. The number of hydrogen-bond donors (Lipinski definition) is 0. The molecule has 0 amide bonds. The van der Waals surface area contributed by atoms with Crippen LogP contribution in [0.25, 0.3) is 22.5 Å². The van der Waals surface area contributed by atoms with Crippen LogP contribution < -0.4 is 0 Å². The van der Waals surface area contributed by atoms with Crippen molar-refractivity contribution < 1.29 is 4.42 Å². The molecule has 2 heterocycles. The van der Waals surface area contributed by atoms with Gasteiger partial charge in [-0.1, -0.05) is 46.9 Å². The van der Waals surface area contributed by atoms with Gasteiger partial charge in [-0.15, -0.1) is 0 Å². The van der Waals surface area contributed by atoms with Crippen LogP contribution >= 0.6 is 34.8 Å². The highest BCUT2D eigenvalue weighted by molar-refractivity contribution is 6.38. The van der Waals surface area contributed by atoms with Gasteiger partial charge in [-0.25, -0.2) is 9.97 Å². The third-order valence-corrected chi connectivity index (χ3v) is 3.50. The van der Waals surface area contributed by atoms with Crippen molar-refractivity contribution >= 4 is 34.8 Å². The molecule has 0 fully saturated rings. The van der Waals surface area contributed by atoms with Gasteiger partial charge < -0.3 is 4.42 Å². The molecule has 3 rings (SSSR count). The molecular weight excluding hydrogens is 319 g/mol. The first-order chi connectivity index (χ1) is 9.65. The Morgan fingerprint density at radius 3 is 2.25 bits per heavy atom. The lowest BCUT2D eigenvalue weighted by atomic mass is 10.1. The predicted octanol–water partition coefficient (Wildman–Crippen LogP) is 5.36. The Hall–Kier alpha value is -1.55. The summed E-state index contributed by atoms with van der Waals surface area (Å²) in [7, 11) is 0. The van der Waals surface area contributed by atoms with Crippen molar-refractivity contribution in [2.75, 3.05) is 0 Å². The number of nitrogens with zero attached hydrogens (tertiary/aromatic N) is 2. The Morgan fingerprint density at radius 1 is 0.900 bits per heavy atom. The molecule has 0 N–H and O–H groups in total. The zero-order chi connectivity index (χ0) is 14.1.